The molecule has 1 heterocycles. The van der Waals surface area contributed by atoms with E-state index in [1.165, 1.54) is 23.9 Å². The second-order valence-corrected chi connectivity index (χ2v) is 8.40. The van der Waals surface area contributed by atoms with E-state index in [1.54, 1.807) is 34.9 Å². The first kappa shape index (κ1) is 21.6. The van der Waals surface area contributed by atoms with Crippen molar-refractivity contribution in [3.8, 4) is 5.69 Å². The van der Waals surface area contributed by atoms with E-state index >= 15 is 0 Å². The van der Waals surface area contributed by atoms with Crippen LogP contribution in [0.3, 0.4) is 0 Å². The number of rotatable bonds is 7. The molecule has 0 unspecified atom stereocenters. The average Bonchev–Trinajstić information content (AvgIpc) is 3.10. The first-order chi connectivity index (χ1) is 13.8. The van der Waals surface area contributed by atoms with Crippen molar-refractivity contribution in [2.24, 2.45) is 5.92 Å². The van der Waals surface area contributed by atoms with Crippen LogP contribution < -0.4 is 5.32 Å². The quantitative estimate of drug-likeness (QED) is 0.495. The normalized spacial score (nSPS) is 11.1. The summed E-state index contributed by atoms with van der Waals surface area (Å²) in [6.07, 6.45) is 0. The van der Waals surface area contributed by atoms with Crippen LogP contribution in [0.5, 0.6) is 0 Å². The lowest BCUT2D eigenvalue weighted by Crippen LogP contribution is -2.28. The Morgan fingerprint density at radius 3 is 2.59 bits per heavy atom. The number of carbonyl (C=O) groups excluding carboxylic acids is 1. The predicted octanol–water partition coefficient (Wildman–Crippen LogP) is 5.28. The Balaban J connectivity index is 1.91. The number of halogens is 3. The van der Waals surface area contributed by atoms with Gasteiger partial charge >= 0.3 is 0 Å². The fourth-order valence-electron chi connectivity index (χ4n) is 2.51. The summed E-state index contributed by atoms with van der Waals surface area (Å²) < 4.78 is 14.9. The van der Waals surface area contributed by atoms with Crippen LogP contribution in [-0.2, 0) is 17.1 Å². The standard InChI is InChI=1S/C20H19Cl2FN4OS/c1-12(2)19(28)24-10-18-25-26-20(29-11-13-3-6-15(23)7-4-13)27(18)17-9-14(21)5-8-16(17)22/h3-9,12H,10-11H2,1-2H3,(H,24,28). The van der Waals surface area contributed by atoms with Gasteiger partial charge in [-0.25, -0.2) is 4.39 Å². The molecule has 3 aromatic rings. The lowest BCUT2D eigenvalue weighted by Gasteiger charge is -2.13. The van der Waals surface area contributed by atoms with Crippen molar-refractivity contribution >= 4 is 40.9 Å². The second-order valence-electron chi connectivity index (χ2n) is 6.62. The number of carbonyl (C=O) groups is 1. The zero-order valence-corrected chi connectivity index (χ0v) is 18.2. The summed E-state index contributed by atoms with van der Waals surface area (Å²) in [5, 5.41) is 12.9. The highest BCUT2D eigenvalue weighted by atomic mass is 35.5. The SMILES string of the molecule is CC(C)C(=O)NCc1nnc(SCc2ccc(F)cc2)n1-c1cc(Cl)ccc1Cl. The molecule has 0 atom stereocenters. The maximum absolute atomic E-state index is 13.1. The Morgan fingerprint density at radius 2 is 1.90 bits per heavy atom. The Kier molecular flexibility index (Phi) is 7.16. The van der Waals surface area contributed by atoms with Gasteiger partial charge in [0, 0.05) is 16.7 Å². The van der Waals surface area contributed by atoms with Crippen LogP contribution in [0.15, 0.2) is 47.6 Å². The van der Waals surface area contributed by atoms with Gasteiger partial charge in [-0.2, -0.15) is 0 Å². The molecule has 0 aliphatic carbocycles. The molecule has 3 rings (SSSR count). The van der Waals surface area contributed by atoms with Crippen molar-refractivity contribution in [3.63, 3.8) is 0 Å². The van der Waals surface area contributed by atoms with Gasteiger partial charge in [-0.05, 0) is 35.9 Å². The number of hydrogen-bond donors (Lipinski definition) is 1. The minimum absolute atomic E-state index is 0.0859. The minimum atomic E-state index is -0.282. The molecule has 1 amide bonds. The minimum Gasteiger partial charge on any atom is -0.349 e. The summed E-state index contributed by atoms with van der Waals surface area (Å²) in [7, 11) is 0. The molecule has 2 aromatic carbocycles. The molecule has 5 nitrogen and oxygen atoms in total. The number of thioether (sulfide) groups is 1. The summed E-state index contributed by atoms with van der Waals surface area (Å²) in [6.45, 7) is 3.83. The number of amides is 1. The van der Waals surface area contributed by atoms with Crippen LogP contribution in [0.1, 0.15) is 25.2 Å². The van der Waals surface area contributed by atoms with E-state index in [0.717, 1.165) is 5.56 Å². The molecule has 0 aliphatic rings. The molecule has 0 spiro atoms. The van der Waals surface area contributed by atoms with Crippen molar-refractivity contribution in [1.29, 1.82) is 0 Å². The molecule has 0 fully saturated rings. The summed E-state index contributed by atoms with van der Waals surface area (Å²) in [5.41, 5.74) is 1.57. The van der Waals surface area contributed by atoms with Gasteiger partial charge in [-0.15, -0.1) is 10.2 Å². The molecular weight excluding hydrogens is 434 g/mol. The van der Waals surface area contributed by atoms with Crippen molar-refractivity contribution in [2.45, 2.75) is 31.3 Å². The first-order valence-corrected chi connectivity index (χ1v) is 10.6. The number of benzene rings is 2. The van der Waals surface area contributed by atoms with Gasteiger partial charge in [0.15, 0.2) is 11.0 Å². The molecule has 0 radical (unpaired) electrons. The maximum atomic E-state index is 13.1. The first-order valence-electron chi connectivity index (χ1n) is 8.90. The topological polar surface area (TPSA) is 59.8 Å². The van der Waals surface area contributed by atoms with Crippen molar-refractivity contribution in [2.75, 3.05) is 0 Å². The van der Waals surface area contributed by atoms with Crippen LogP contribution in [0.4, 0.5) is 4.39 Å². The number of nitrogens with one attached hydrogen (secondary N) is 1. The zero-order valence-electron chi connectivity index (χ0n) is 15.8. The Hall–Kier alpha value is -2.09. The maximum Gasteiger partial charge on any atom is 0.222 e. The highest BCUT2D eigenvalue weighted by Crippen LogP contribution is 2.31. The lowest BCUT2D eigenvalue weighted by molar-refractivity contribution is -0.124. The van der Waals surface area contributed by atoms with Crippen molar-refractivity contribution in [1.82, 2.24) is 20.1 Å². The molecule has 1 N–H and O–H groups in total. The summed E-state index contributed by atoms with van der Waals surface area (Å²) in [4.78, 5) is 12.0. The van der Waals surface area contributed by atoms with Crippen molar-refractivity contribution in [3.05, 3.63) is 69.7 Å². The molecule has 9 heteroatoms. The Bertz CT molecular complexity index is 1010. The van der Waals surface area contributed by atoms with E-state index in [0.29, 0.717) is 32.5 Å². The Labute approximate surface area is 182 Å². The second kappa shape index (κ2) is 9.61. The number of hydrogen-bond acceptors (Lipinski definition) is 4. The molecule has 0 bridgehead atoms. The molecule has 0 aliphatic heterocycles. The molecule has 1 aromatic heterocycles. The van der Waals surface area contributed by atoms with Gasteiger partial charge in [0.25, 0.3) is 0 Å². The van der Waals surface area contributed by atoms with Gasteiger partial charge in [-0.1, -0.05) is 60.9 Å². The monoisotopic (exact) mass is 452 g/mol. The van der Waals surface area contributed by atoms with E-state index in [4.69, 9.17) is 23.2 Å². The molecular formula is C20H19Cl2FN4OS. The average molecular weight is 453 g/mol. The third kappa shape index (κ3) is 5.50. The van der Waals surface area contributed by atoms with E-state index in [2.05, 4.69) is 15.5 Å². The summed E-state index contributed by atoms with van der Waals surface area (Å²) >= 11 is 14.0. The fraction of sp³-hybridized carbons (Fsp3) is 0.250. The smallest absolute Gasteiger partial charge is 0.222 e. The van der Waals surface area contributed by atoms with E-state index in [1.807, 2.05) is 13.8 Å². The molecule has 152 valence electrons. The third-order valence-electron chi connectivity index (χ3n) is 4.08. The van der Waals surface area contributed by atoms with Gasteiger partial charge in [0.05, 0.1) is 17.3 Å². The van der Waals surface area contributed by atoms with E-state index in [-0.39, 0.29) is 24.2 Å². The molecule has 0 saturated carbocycles. The van der Waals surface area contributed by atoms with Gasteiger partial charge in [0.1, 0.15) is 5.82 Å². The van der Waals surface area contributed by atoms with Gasteiger partial charge in [0.2, 0.25) is 5.91 Å². The zero-order chi connectivity index (χ0) is 21.0. The van der Waals surface area contributed by atoms with Crippen LogP contribution in [-0.4, -0.2) is 20.7 Å². The van der Waals surface area contributed by atoms with E-state index in [9.17, 15) is 9.18 Å². The number of aromatic nitrogens is 3. The summed E-state index contributed by atoms with van der Waals surface area (Å²) in [5.74, 6) is 0.584. The molecule has 29 heavy (non-hydrogen) atoms. The van der Waals surface area contributed by atoms with Crippen molar-refractivity contribution < 1.29 is 9.18 Å². The van der Waals surface area contributed by atoms with Crippen LogP contribution in [0.25, 0.3) is 5.69 Å². The lowest BCUT2D eigenvalue weighted by atomic mass is 10.2. The van der Waals surface area contributed by atoms with Gasteiger partial charge in [-0.3, -0.25) is 9.36 Å². The highest BCUT2D eigenvalue weighted by Gasteiger charge is 2.18. The fourth-order valence-corrected chi connectivity index (χ4v) is 3.79. The van der Waals surface area contributed by atoms with Gasteiger partial charge < -0.3 is 5.32 Å². The van der Waals surface area contributed by atoms with E-state index < -0.39 is 0 Å². The van der Waals surface area contributed by atoms with Crippen LogP contribution >= 0.6 is 35.0 Å². The van der Waals surface area contributed by atoms with Crippen LogP contribution in [0, 0.1) is 11.7 Å². The summed E-state index contributed by atoms with van der Waals surface area (Å²) in [6, 6.07) is 11.4. The number of nitrogens with zero attached hydrogens (tertiary/aromatic N) is 3. The largest absolute Gasteiger partial charge is 0.349 e. The van der Waals surface area contributed by atoms with Crippen LogP contribution in [0.2, 0.25) is 10.0 Å². The third-order valence-corrected chi connectivity index (χ3v) is 5.63. The predicted molar refractivity (Wildman–Crippen MR) is 114 cm³/mol. The highest BCUT2D eigenvalue weighted by molar-refractivity contribution is 7.98. The Morgan fingerprint density at radius 1 is 1.17 bits per heavy atom. The molecule has 0 saturated heterocycles.